The van der Waals surface area contributed by atoms with Gasteiger partial charge in [0, 0.05) is 6.61 Å². The molecular formula is C5H14NOP. The first-order valence-corrected chi connectivity index (χ1v) is 5.00. The van der Waals surface area contributed by atoms with E-state index in [1.807, 2.05) is 20.6 Å². The maximum atomic E-state index is 5.27. The fraction of sp³-hybridized carbons (Fsp3) is 0.800. The largest absolute Gasteiger partial charge is 0.348 e. The molecule has 0 aliphatic carbocycles. The standard InChI is InChI=1S/C5H14NOP/c1-5-7-8(3,4)6-2/h6H,3,5H2,1-2,4H3. The van der Waals surface area contributed by atoms with E-state index in [4.69, 9.17) is 4.52 Å². The van der Waals surface area contributed by atoms with Gasteiger partial charge in [0.15, 0.2) is 0 Å². The van der Waals surface area contributed by atoms with Crippen LogP contribution in [0.1, 0.15) is 6.92 Å². The van der Waals surface area contributed by atoms with Crippen LogP contribution in [0.15, 0.2) is 0 Å². The molecule has 0 aromatic heterocycles. The van der Waals surface area contributed by atoms with Crippen molar-refractivity contribution in [1.29, 1.82) is 0 Å². The first kappa shape index (κ1) is 8.22. The normalized spacial score (nSPS) is 17.9. The van der Waals surface area contributed by atoms with Crippen LogP contribution in [0.5, 0.6) is 0 Å². The average Bonchev–Trinajstić information content (AvgIpc) is 1.67. The zero-order chi connectivity index (χ0) is 6.62. The molecule has 0 spiro atoms. The third-order valence-electron chi connectivity index (χ3n) is 0.887. The van der Waals surface area contributed by atoms with Crippen LogP contribution < -0.4 is 5.09 Å². The van der Waals surface area contributed by atoms with Crippen molar-refractivity contribution in [2.75, 3.05) is 20.3 Å². The lowest BCUT2D eigenvalue weighted by atomic mass is 10.9. The molecule has 0 rings (SSSR count). The molecule has 3 heteroatoms. The maximum Gasteiger partial charge on any atom is 0.0572 e. The Morgan fingerprint density at radius 3 is 2.38 bits per heavy atom. The van der Waals surface area contributed by atoms with E-state index in [9.17, 15) is 0 Å². The molecule has 8 heavy (non-hydrogen) atoms. The summed E-state index contributed by atoms with van der Waals surface area (Å²) in [7, 11) is 0.448. The zero-order valence-electron chi connectivity index (χ0n) is 5.77. The summed E-state index contributed by atoms with van der Waals surface area (Å²) in [4.78, 5) is 0. The minimum Gasteiger partial charge on any atom is -0.348 e. The molecule has 0 bridgehead atoms. The van der Waals surface area contributed by atoms with Crippen LogP contribution in [0.4, 0.5) is 0 Å². The second-order valence-corrected chi connectivity index (χ2v) is 4.65. The molecule has 0 fully saturated rings. The van der Waals surface area contributed by atoms with Crippen LogP contribution in [0.3, 0.4) is 0 Å². The molecule has 2 nitrogen and oxygen atoms in total. The smallest absolute Gasteiger partial charge is 0.0572 e. The molecule has 1 unspecified atom stereocenters. The van der Waals surface area contributed by atoms with Crippen LogP contribution in [0.25, 0.3) is 0 Å². The summed E-state index contributed by atoms with van der Waals surface area (Å²) >= 11 is 0. The molecular weight excluding hydrogens is 121 g/mol. The number of hydrogen-bond acceptors (Lipinski definition) is 2. The highest BCUT2D eigenvalue weighted by Crippen LogP contribution is 2.34. The molecule has 1 N–H and O–H groups in total. The van der Waals surface area contributed by atoms with Crippen molar-refractivity contribution in [2.24, 2.45) is 0 Å². The molecule has 0 saturated carbocycles. The fourth-order valence-electron chi connectivity index (χ4n) is 0.349. The van der Waals surface area contributed by atoms with Gasteiger partial charge in [-0.3, -0.25) is 5.09 Å². The van der Waals surface area contributed by atoms with Gasteiger partial charge in [0.05, 0.1) is 7.26 Å². The molecule has 0 aromatic rings. The van der Waals surface area contributed by atoms with Gasteiger partial charge in [0.1, 0.15) is 0 Å². The van der Waals surface area contributed by atoms with Gasteiger partial charge in [-0.25, -0.2) is 0 Å². The summed E-state index contributed by atoms with van der Waals surface area (Å²) in [6, 6.07) is 0. The van der Waals surface area contributed by atoms with Crippen molar-refractivity contribution in [3.8, 4) is 0 Å². The van der Waals surface area contributed by atoms with Gasteiger partial charge in [-0.05, 0) is 20.6 Å². The Labute approximate surface area is 51.3 Å². The molecule has 1 atom stereocenters. The highest BCUT2D eigenvalue weighted by atomic mass is 31.2. The molecule has 0 radical (unpaired) electrons. The highest BCUT2D eigenvalue weighted by molar-refractivity contribution is 7.66. The summed E-state index contributed by atoms with van der Waals surface area (Å²) in [5.74, 6) is 0. The van der Waals surface area contributed by atoms with E-state index >= 15 is 0 Å². The average molecular weight is 135 g/mol. The molecule has 0 saturated heterocycles. The summed E-state index contributed by atoms with van der Waals surface area (Å²) in [6.45, 7) is 4.71. The summed E-state index contributed by atoms with van der Waals surface area (Å²) < 4.78 is 5.27. The van der Waals surface area contributed by atoms with Crippen LogP contribution in [-0.2, 0) is 4.52 Å². The molecule has 0 amide bonds. The molecule has 0 heterocycles. The van der Waals surface area contributed by atoms with Crippen LogP contribution in [-0.4, -0.2) is 26.6 Å². The Bertz CT molecular complexity index is 103. The van der Waals surface area contributed by atoms with E-state index in [0.29, 0.717) is 0 Å². The van der Waals surface area contributed by atoms with Crippen molar-refractivity contribution in [2.45, 2.75) is 6.92 Å². The van der Waals surface area contributed by atoms with Crippen molar-refractivity contribution in [1.82, 2.24) is 5.09 Å². The number of nitrogens with one attached hydrogen (secondary N) is 1. The minimum atomic E-state index is -1.42. The van der Waals surface area contributed by atoms with Crippen molar-refractivity contribution >= 4 is 13.6 Å². The van der Waals surface area contributed by atoms with Gasteiger partial charge in [0.2, 0.25) is 0 Å². The van der Waals surface area contributed by atoms with Crippen molar-refractivity contribution in [3.63, 3.8) is 0 Å². The lowest BCUT2D eigenvalue weighted by Crippen LogP contribution is -2.04. The van der Waals surface area contributed by atoms with Gasteiger partial charge in [-0.1, -0.05) is 6.30 Å². The van der Waals surface area contributed by atoms with Gasteiger partial charge < -0.3 is 4.52 Å². The van der Waals surface area contributed by atoms with Gasteiger partial charge in [0.25, 0.3) is 0 Å². The lowest BCUT2D eigenvalue weighted by molar-refractivity contribution is 0.373. The topological polar surface area (TPSA) is 21.3 Å². The highest BCUT2D eigenvalue weighted by Gasteiger charge is 1.99. The van der Waals surface area contributed by atoms with E-state index in [2.05, 4.69) is 11.4 Å². The van der Waals surface area contributed by atoms with E-state index in [1.54, 1.807) is 0 Å². The van der Waals surface area contributed by atoms with Gasteiger partial charge >= 0.3 is 0 Å². The number of hydrogen-bond donors (Lipinski definition) is 1. The van der Waals surface area contributed by atoms with Gasteiger partial charge in [-0.15, -0.1) is 0 Å². The van der Waals surface area contributed by atoms with Crippen LogP contribution in [0, 0.1) is 0 Å². The van der Waals surface area contributed by atoms with Crippen molar-refractivity contribution in [3.05, 3.63) is 0 Å². The second-order valence-electron chi connectivity index (χ2n) is 1.74. The Kier molecular flexibility index (Phi) is 3.38. The van der Waals surface area contributed by atoms with E-state index in [0.717, 1.165) is 6.61 Å². The zero-order valence-corrected chi connectivity index (χ0v) is 6.66. The first-order valence-electron chi connectivity index (χ1n) is 2.67. The Hall–Kier alpha value is 0.220. The van der Waals surface area contributed by atoms with Gasteiger partial charge in [-0.2, -0.15) is 0 Å². The van der Waals surface area contributed by atoms with Crippen LogP contribution >= 0.6 is 7.26 Å². The van der Waals surface area contributed by atoms with E-state index in [1.165, 1.54) is 0 Å². The Morgan fingerprint density at radius 1 is 1.75 bits per heavy atom. The quantitative estimate of drug-likeness (QED) is 0.586. The number of rotatable bonds is 3. The lowest BCUT2D eigenvalue weighted by Gasteiger charge is -2.16. The molecule has 0 aliphatic heterocycles. The Balaban J connectivity index is 3.55. The molecule has 50 valence electrons. The summed E-state index contributed by atoms with van der Waals surface area (Å²) in [6.07, 6.45) is 3.86. The maximum absolute atomic E-state index is 5.27. The van der Waals surface area contributed by atoms with E-state index < -0.39 is 7.26 Å². The van der Waals surface area contributed by atoms with E-state index in [-0.39, 0.29) is 0 Å². The molecule has 0 aromatic carbocycles. The van der Waals surface area contributed by atoms with Crippen LogP contribution in [0.2, 0.25) is 0 Å². The third kappa shape index (κ3) is 3.25. The predicted molar refractivity (Wildman–Crippen MR) is 40.7 cm³/mol. The summed E-state index contributed by atoms with van der Waals surface area (Å²) in [5.41, 5.74) is 0. The third-order valence-corrected chi connectivity index (χ3v) is 2.66. The predicted octanol–water partition coefficient (Wildman–Crippen LogP) is 1.15. The first-order chi connectivity index (χ1) is 3.62. The molecule has 0 aliphatic rings. The summed E-state index contributed by atoms with van der Waals surface area (Å²) in [5, 5.41) is 3.02. The minimum absolute atomic E-state index is 0.745. The Morgan fingerprint density at radius 2 is 2.25 bits per heavy atom. The van der Waals surface area contributed by atoms with Crippen molar-refractivity contribution < 1.29 is 4.52 Å². The second kappa shape index (κ2) is 3.29. The monoisotopic (exact) mass is 135 g/mol. The SMILES string of the molecule is C=P(C)(NC)OCC. The fourth-order valence-corrected chi connectivity index (χ4v) is 1.05.